The molecule has 4 heteroatoms. The van der Waals surface area contributed by atoms with Gasteiger partial charge in [-0.15, -0.1) is 11.3 Å². The zero-order chi connectivity index (χ0) is 14.9. The molecular weight excluding hydrogens is 268 g/mol. The van der Waals surface area contributed by atoms with Crippen LogP contribution in [0.3, 0.4) is 0 Å². The van der Waals surface area contributed by atoms with Gasteiger partial charge < -0.3 is 5.32 Å². The third-order valence-corrected chi connectivity index (χ3v) is 4.72. The summed E-state index contributed by atoms with van der Waals surface area (Å²) in [5.74, 6) is -0.0190. The van der Waals surface area contributed by atoms with Gasteiger partial charge in [0.1, 0.15) is 5.01 Å². The normalized spacial score (nSPS) is 12.2. The minimum Gasteiger partial charge on any atom is -0.343 e. The van der Waals surface area contributed by atoms with Crippen molar-refractivity contribution < 1.29 is 4.79 Å². The van der Waals surface area contributed by atoms with Gasteiger partial charge in [0.05, 0.1) is 6.04 Å². The second-order valence-electron chi connectivity index (χ2n) is 5.20. The predicted octanol–water partition coefficient (Wildman–Crippen LogP) is 3.87. The highest BCUT2D eigenvalue weighted by Crippen LogP contribution is 2.23. The monoisotopic (exact) mass is 288 g/mol. The number of hydrogen-bond acceptors (Lipinski definition) is 3. The fourth-order valence-electron chi connectivity index (χ4n) is 2.34. The number of nitrogens with one attached hydrogen (secondary N) is 1. The molecule has 1 N–H and O–H groups in total. The molecular formula is C16H20N2OS. The molecule has 0 aliphatic heterocycles. The molecule has 1 unspecified atom stereocenters. The minimum atomic E-state index is -0.0675. The van der Waals surface area contributed by atoms with E-state index in [0.717, 1.165) is 32.8 Å². The Hall–Kier alpha value is -1.68. The topological polar surface area (TPSA) is 42.0 Å². The standard InChI is InChI=1S/C16H20N2OS/c1-9-8-10(2)12(4)14(11(9)3)15(19)18-13(5)16-17-6-7-20-16/h6-8,13H,1-5H3,(H,18,19). The molecule has 0 saturated carbocycles. The summed E-state index contributed by atoms with van der Waals surface area (Å²) < 4.78 is 0. The van der Waals surface area contributed by atoms with Gasteiger partial charge in [0, 0.05) is 17.1 Å². The van der Waals surface area contributed by atoms with Gasteiger partial charge in [0.2, 0.25) is 0 Å². The third-order valence-electron chi connectivity index (χ3n) is 3.76. The summed E-state index contributed by atoms with van der Waals surface area (Å²) in [7, 11) is 0. The van der Waals surface area contributed by atoms with Crippen LogP contribution < -0.4 is 5.32 Å². The van der Waals surface area contributed by atoms with E-state index < -0.39 is 0 Å². The first-order valence-corrected chi connectivity index (χ1v) is 7.57. The molecule has 1 amide bonds. The molecule has 2 aromatic rings. The van der Waals surface area contributed by atoms with Gasteiger partial charge in [-0.25, -0.2) is 4.98 Å². The number of hydrogen-bond donors (Lipinski definition) is 1. The van der Waals surface area contributed by atoms with Gasteiger partial charge >= 0.3 is 0 Å². The summed E-state index contributed by atoms with van der Waals surface area (Å²) in [4.78, 5) is 16.8. The Kier molecular flexibility index (Phi) is 4.23. The van der Waals surface area contributed by atoms with E-state index in [2.05, 4.69) is 16.4 Å². The Morgan fingerprint density at radius 2 is 1.80 bits per heavy atom. The lowest BCUT2D eigenvalue weighted by Gasteiger charge is -2.17. The van der Waals surface area contributed by atoms with Gasteiger partial charge in [-0.2, -0.15) is 0 Å². The molecule has 0 bridgehead atoms. The van der Waals surface area contributed by atoms with Gasteiger partial charge in [0.15, 0.2) is 0 Å². The largest absolute Gasteiger partial charge is 0.343 e. The van der Waals surface area contributed by atoms with Crippen molar-refractivity contribution in [3.05, 3.63) is 50.5 Å². The van der Waals surface area contributed by atoms with Crippen molar-refractivity contribution in [1.82, 2.24) is 10.3 Å². The lowest BCUT2D eigenvalue weighted by atomic mass is 9.93. The van der Waals surface area contributed by atoms with Crippen LogP contribution in [0.4, 0.5) is 0 Å². The summed E-state index contributed by atoms with van der Waals surface area (Å²) >= 11 is 1.56. The quantitative estimate of drug-likeness (QED) is 0.931. The van der Waals surface area contributed by atoms with E-state index in [0.29, 0.717) is 0 Å². The van der Waals surface area contributed by atoms with Crippen molar-refractivity contribution in [2.75, 3.05) is 0 Å². The van der Waals surface area contributed by atoms with E-state index in [1.54, 1.807) is 17.5 Å². The number of aryl methyl sites for hydroxylation is 2. The SMILES string of the molecule is Cc1cc(C)c(C)c(C(=O)NC(C)c2nccs2)c1C. The molecule has 1 aromatic carbocycles. The van der Waals surface area contributed by atoms with Crippen LogP contribution in [0.5, 0.6) is 0 Å². The zero-order valence-corrected chi connectivity index (χ0v) is 13.4. The summed E-state index contributed by atoms with van der Waals surface area (Å²) in [5.41, 5.74) is 5.21. The van der Waals surface area contributed by atoms with Crippen molar-refractivity contribution in [1.29, 1.82) is 0 Å². The minimum absolute atomic E-state index is 0.0190. The van der Waals surface area contributed by atoms with Gasteiger partial charge in [-0.1, -0.05) is 6.07 Å². The molecule has 0 saturated heterocycles. The summed E-state index contributed by atoms with van der Waals surface area (Å²) in [5, 5.41) is 5.89. The van der Waals surface area contributed by atoms with E-state index in [1.165, 1.54) is 0 Å². The number of thiazole rings is 1. The molecule has 0 spiro atoms. The van der Waals surface area contributed by atoms with Gasteiger partial charge in [0.25, 0.3) is 5.91 Å². The maximum absolute atomic E-state index is 12.6. The molecule has 0 fully saturated rings. The Bertz CT molecular complexity index is 606. The Morgan fingerprint density at radius 1 is 1.20 bits per heavy atom. The maximum atomic E-state index is 12.6. The number of carbonyl (C=O) groups is 1. The number of nitrogens with zero attached hydrogens (tertiary/aromatic N) is 1. The number of rotatable bonds is 3. The molecule has 1 atom stereocenters. The number of amides is 1. The first-order valence-electron chi connectivity index (χ1n) is 6.69. The Balaban J connectivity index is 2.30. The van der Waals surface area contributed by atoms with E-state index >= 15 is 0 Å². The molecule has 0 aliphatic carbocycles. The molecule has 2 rings (SSSR count). The lowest BCUT2D eigenvalue weighted by molar-refractivity contribution is 0.0938. The Morgan fingerprint density at radius 3 is 2.30 bits per heavy atom. The van der Waals surface area contributed by atoms with Crippen LogP contribution in [0.15, 0.2) is 17.6 Å². The molecule has 1 heterocycles. The first kappa shape index (κ1) is 14.7. The van der Waals surface area contributed by atoms with E-state index in [9.17, 15) is 4.79 Å². The molecule has 1 aromatic heterocycles. The number of carbonyl (C=O) groups excluding carboxylic acids is 1. The van der Waals surface area contributed by atoms with Crippen molar-refractivity contribution in [2.24, 2.45) is 0 Å². The van der Waals surface area contributed by atoms with Crippen LogP contribution in [0.2, 0.25) is 0 Å². The van der Waals surface area contributed by atoms with Crippen molar-refractivity contribution >= 4 is 17.2 Å². The fourth-order valence-corrected chi connectivity index (χ4v) is 2.98. The lowest BCUT2D eigenvalue weighted by Crippen LogP contribution is -2.28. The van der Waals surface area contributed by atoms with Crippen molar-refractivity contribution in [3.8, 4) is 0 Å². The molecule has 3 nitrogen and oxygen atoms in total. The zero-order valence-electron chi connectivity index (χ0n) is 12.6. The average molecular weight is 288 g/mol. The Labute approximate surface area is 124 Å². The fraction of sp³-hybridized carbons (Fsp3) is 0.375. The van der Waals surface area contributed by atoms with Crippen LogP contribution in [-0.4, -0.2) is 10.9 Å². The molecule has 106 valence electrons. The molecule has 0 radical (unpaired) electrons. The smallest absolute Gasteiger partial charge is 0.252 e. The third kappa shape index (κ3) is 2.75. The van der Waals surface area contributed by atoms with Crippen molar-refractivity contribution in [3.63, 3.8) is 0 Å². The summed E-state index contributed by atoms with van der Waals surface area (Å²) in [6.07, 6.45) is 1.76. The van der Waals surface area contributed by atoms with Crippen LogP contribution >= 0.6 is 11.3 Å². The second kappa shape index (κ2) is 5.75. The highest BCUT2D eigenvalue weighted by molar-refractivity contribution is 7.09. The maximum Gasteiger partial charge on any atom is 0.252 e. The summed E-state index contributed by atoms with van der Waals surface area (Å²) in [6, 6.07) is 2.06. The predicted molar refractivity (Wildman–Crippen MR) is 83.4 cm³/mol. The van der Waals surface area contributed by atoms with E-state index in [4.69, 9.17) is 0 Å². The highest BCUT2D eigenvalue weighted by Gasteiger charge is 2.18. The van der Waals surface area contributed by atoms with Gasteiger partial charge in [-0.3, -0.25) is 4.79 Å². The van der Waals surface area contributed by atoms with E-state index in [1.807, 2.05) is 40.0 Å². The van der Waals surface area contributed by atoms with Crippen LogP contribution in [0, 0.1) is 27.7 Å². The van der Waals surface area contributed by atoms with Crippen LogP contribution in [0.25, 0.3) is 0 Å². The second-order valence-corrected chi connectivity index (χ2v) is 6.13. The summed E-state index contributed by atoms with van der Waals surface area (Å²) in [6.45, 7) is 10.1. The molecule has 20 heavy (non-hydrogen) atoms. The van der Waals surface area contributed by atoms with Crippen LogP contribution in [0.1, 0.15) is 50.6 Å². The molecule has 0 aliphatic rings. The van der Waals surface area contributed by atoms with Crippen molar-refractivity contribution in [2.45, 2.75) is 40.7 Å². The number of benzene rings is 1. The highest BCUT2D eigenvalue weighted by atomic mass is 32.1. The average Bonchev–Trinajstić information content (AvgIpc) is 2.90. The number of aromatic nitrogens is 1. The van der Waals surface area contributed by atoms with Gasteiger partial charge in [-0.05, 0) is 56.9 Å². The van der Waals surface area contributed by atoms with E-state index in [-0.39, 0.29) is 11.9 Å². The first-order chi connectivity index (χ1) is 9.41. The van der Waals surface area contributed by atoms with Crippen LogP contribution in [-0.2, 0) is 0 Å².